The van der Waals surface area contributed by atoms with Crippen LogP contribution in [0.1, 0.15) is 23.2 Å². The quantitative estimate of drug-likeness (QED) is 0.824. The molecule has 0 aromatic heterocycles. The Kier molecular flexibility index (Phi) is 6.30. The molecule has 0 amide bonds. The van der Waals surface area contributed by atoms with Crippen molar-refractivity contribution in [1.82, 2.24) is 4.31 Å². The van der Waals surface area contributed by atoms with E-state index in [0.29, 0.717) is 12.8 Å². The predicted molar refractivity (Wildman–Crippen MR) is 81.0 cm³/mol. The van der Waals surface area contributed by atoms with Gasteiger partial charge in [-0.25, -0.2) is 17.6 Å². The molecule has 0 radical (unpaired) electrons. The number of hydrogen-bond acceptors (Lipinski definition) is 5. The molecule has 1 aromatic carbocycles. The van der Waals surface area contributed by atoms with Crippen molar-refractivity contribution in [3.8, 4) is 0 Å². The van der Waals surface area contributed by atoms with Gasteiger partial charge in [0.05, 0.1) is 12.0 Å². The van der Waals surface area contributed by atoms with Gasteiger partial charge in [-0.05, 0) is 25.0 Å². The van der Waals surface area contributed by atoms with Gasteiger partial charge in [0.25, 0.3) is 0 Å². The van der Waals surface area contributed by atoms with Crippen LogP contribution < -0.4 is 5.73 Å². The number of nitrogens with zero attached hydrogens (tertiary/aromatic N) is 1. The summed E-state index contributed by atoms with van der Waals surface area (Å²) in [4.78, 5) is 11.3. The second-order valence-corrected chi connectivity index (χ2v) is 6.75. The normalized spacial score (nSPS) is 16.9. The fraction of sp³-hybridized carbons (Fsp3) is 0.462. The smallest absolute Gasteiger partial charge is 0.342 e. The summed E-state index contributed by atoms with van der Waals surface area (Å²) in [5.74, 6) is -1.93. The Balaban J connectivity index is 0.00000242. The number of piperidine rings is 1. The Labute approximate surface area is 134 Å². The van der Waals surface area contributed by atoms with Crippen LogP contribution in [-0.4, -0.2) is 44.9 Å². The number of esters is 1. The highest BCUT2D eigenvalue weighted by atomic mass is 35.5. The van der Waals surface area contributed by atoms with E-state index in [1.54, 1.807) is 0 Å². The minimum Gasteiger partial charge on any atom is -0.465 e. The summed E-state index contributed by atoms with van der Waals surface area (Å²) in [6, 6.07) is 3.45. The standard InChI is InChI=1S/C13H17FN2O4S.ClH/c1-20-13(17)12-10(14)3-2-4-11(12)21(18,19)16-7-5-9(15)6-8-16;/h2-4,9H,5-8,15H2,1H3;1H. The molecule has 0 unspecified atom stereocenters. The van der Waals surface area contributed by atoms with Crippen LogP contribution in [0.15, 0.2) is 23.1 Å². The van der Waals surface area contributed by atoms with Gasteiger partial charge in [-0.15, -0.1) is 12.4 Å². The molecule has 0 aliphatic carbocycles. The lowest BCUT2D eigenvalue weighted by atomic mass is 10.1. The topological polar surface area (TPSA) is 89.7 Å². The van der Waals surface area contributed by atoms with Gasteiger partial charge in [-0.1, -0.05) is 6.07 Å². The van der Waals surface area contributed by atoms with Gasteiger partial charge in [-0.3, -0.25) is 0 Å². The molecule has 6 nitrogen and oxygen atoms in total. The highest BCUT2D eigenvalue weighted by Gasteiger charge is 2.33. The SMILES string of the molecule is COC(=O)c1c(F)cccc1S(=O)(=O)N1CCC(N)CC1.Cl. The van der Waals surface area contributed by atoms with Crippen molar-refractivity contribution in [2.24, 2.45) is 5.73 Å². The van der Waals surface area contributed by atoms with E-state index in [-0.39, 0.29) is 36.4 Å². The molecule has 1 heterocycles. The Morgan fingerprint density at radius 3 is 2.50 bits per heavy atom. The van der Waals surface area contributed by atoms with Crippen molar-refractivity contribution >= 4 is 28.4 Å². The zero-order chi connectivity index (χ0) is 15.6. The van der Waals surface area contributed by atoms with Gasteiger partial charge in [0.2, 0.25) is 10.0 Å². The minimum atomic E-state index is -3.96. The van der Waals surface area contributed by atoms with Crippen LogP contribution in [0.25, 0.3) is 0 Å². The van der Waals surface area contributed by atoms with Gasteiger partial charge in [0.15, 0.2) is 0 Å². The number of hydrogen-bond donors (Lipinski definition) is 1. The van der Waals surface area contributed by atoms with Crippen molar-refractivity contribution in [3.63, 3.8) is 0 Å². The first-order chi connectivity index (χ1) is 9.87. The third-order valence-corrected chi connectivity index (χ3v) is 5.42. The molecule has 1 fully saturated rings. The van der Waals surface area contributed by atoms with Crippen LogP contribution in [0.3, 0.4) is 0 Å². The minimum absolute atomic E-state index is 0. The molecule has 1 aliphatic rings. The molecule has 124 valence electrons. The molecule has 2 rings (SSSR count). The van der Waals surface area contributed by atoms with Crippen LogP contribution in [-0.2, 0) is 14.8 Å². The van der Waals surface area contributed by atoms with Crippen LogP contribution in [0.4, 0.5) is 4.39 Å². The lowest BCUT2D eigenvalue weighted by Gasteiger charge is -2.29. The molecule has 0 saturated carbocycles. The van der Waals surface area contributed by atoms with Crippen molar-refractivity contribution in [2.45, 2.75) is 23.8 Å². The van der Waals surface area contributed by atoms with E-state index < -0.39 is 27.4 Å². The Bertz CT molecular complexity index is 645. The van der Waals surface area contributed by atoms with Crippen molar-refractivity contribution < 1.29 is 22.3 Å². The molecule has 2 N–H and O–H groups in total. The molecule has 1 saturated heterocycles. The van der Waals surface area contributed by atoms with E-state index in [1.807, 2.05) is 0 Å². The second-order valence-electron chi connectivity index (χ2n) is 4.85. The maximum atomic E-state index is 13.8. The summed E-state index contributed by atoms with van der Waals surface area (Å²) in [5.41, 5.74) is 5.19. The third kappa shape index (κ3) is 3.57. The van der Waals surface area contributed by atoms with Crippen molar-refractivity contribution in [1.29, 1.82) is 0 Å². The molecule has 0 spiro atoms. The van der Waals surface area contributed by atoms with E-state index >= 15 is 0 Å². The zero-order valence-electron chi connectivity index (χ0n) is 12.0. The van der Waals surface area contributed by atoms with Gasteiger partial charge < -0.3 is 10.5 Å². The van der Waals surface area contributed by atoms with Gasteiger partial charge in [-0.2, -0.15) is 4.31 Å². The molecule has 1 aliphatic heterocycles. The Morgan fingerprint density at radius 1 is 1.36 bits per heavy atom. The molecule has 0 atom stereocenters. The maximum absolute atomic E-state index is 13.8. The number of carbonyl (C=O) groups excluding carboxylic acids is 1. The van der Waals surface area contributed by atoms with Gasteiger partial charge in [0.1, 0.15) is 11.4 Å². The number of rotatable bonds is 3. The first kappa shape index (κ1) is 18.8. The fourth-order valence-corrected chi connectivity index (χ4v) is 3.93. The third-order valence-electron chi connectivity index (χ3n) is 3.48. The summed E-state index contributed by atoms with van der Waals surface area (Å²) in [6.45, 7) is 0.501. The fourth-order valence-electron chi connectivity index (χ4n) is 2.27. The van der Waals surface area contributed by atoms with Crippen LogP contribution in [0, 0.1) is 5.82 Å². The highest BCUT2D eigenvalue weighted by Crippen LogP contribution is 2.25. The molecule has 1 aromatic rings. The molecule has 0 bridgehead atoms. The van der Waals surface area contributed by atoms with Crippen LogP contribution in [0.2, 0.25) is 0 Å². The van der Waals surface area contributed by atoms with Crippen molar-refractivity contribution in [2.75, 3.05) is 20.2 Å². The zero-order valence-corrected chi connectivity index (χ0v) is 13.6. The lowest BCUT2D eigenvalue weighted by Crippen LogP contribution is -2.43. The van der Waals surface area contributed by atoms with Gasteiger partial charge in [0, 0.05) is 19.1 Å². The Hall–Kier alpha value is -1.22. The van der Waals surface area contributed by atoms with E-state index in [9.17, 15) is 17.6 Å². The van der Waals surface area contributed by atoms with Crippen molar-refractivity contribution in [3.05, 3.63) is 29.6 Å². The largest absolute Gasteiger partial charge is 0.465 e. The van der Waals surface area contributed by atoms with Crippen LogP contribution >= 0.6 is 12.4 Å². The summed E-state index contributed by atoms with van der Waals surface area (Å²) < 4.78 is 44.7. The number of nitrogens with two attached hydrogens (primary N) is 1. The summed E-state index contributed by atoms with van der Waals surface area (Å²) in [6.07, 6.45) is 1.06. The summed E-state index contributed by atoms with van der Waals surface area (Å²) in [7, 11) is -2.88. The predicted octanol–water partition coefficient (Wildman–Crippen LogP) is 1.15. The Morgan fingerprint density at radius 2 is 1.95 bits per heavy atom. The summed E-state index contributed by atoms with van der Waals surface area (Å²) >= 11 is 0. The number of carbonyl (C=O) groups is 1. The number of halogens is 2. The first-order valence-corrected chi connectivity index (χ1v) is 7.94. The lowest BCUT2D eigenvalue weighted by molar-refractivity contribution is 0.0590. The summed E-state index contributed by atoms with van der Waals surface area (Å²) in [5, 5.41) is 0. The van der Waals surface area contributed by atoms with E-state index in [4.69, 9.17) is 5.73 Å². The number of benzene rings is 1. The average molecular weight is 353 g/mol. The molecular formula is C13H18ClFN2O4S. The highest BCUT2D eigenvalue weighted by molar-refractivity contribution is 7.89. The maximum Gasteiger partial charge on any atom is 0.342 e. The van der Waals surface area contributed by atoms with E-state index in [2.05, 4.69) is 4.74 Å². The average Bonchev–Trinajstić information content (AvgIpc) is 2.46. The molecular weight excluding hydrogens is 335 g/mol. The number of ether oxygens (including phenoxy) is 1. The first-order valence-electron chi connectivity index (χ1n) is 6.50. The monoisotopic (exact) mass is 352 g/mol. The number of methoxy groups -OCH3 is 1. The van der Waals surface area contributed by atoms with E-state index in [1.165, 1.54) is 16.4 Å². The van der Waals surface area contributed by atoms with E-state index in [0.717, 1.165) is 13.2 Å². The number of sulfonamides is 1. The van der Waals surface area contributed by atoms with Crippen LogP contribution in [0.5, 0.6) is 0 Å². The molecule has 22 heavy (non-hydrogen) atoms. The second kappa shape index (κ2) is 7.36. The molecule has 9 heteroatoms. The van der Waals surface area contributed by atoms with Gasteiger partial charge >= 0.3 is 5.97 Å².